The van der Waals surface area contributed by atoms with Crippen molar-refractivity contribution in [1.82, 2.24) is 4.90 Å². The zero-order valence-electron chi connectivity index (χ0n) is 9.39. The zero-order valence-corrected chi connectivity index (χ0v) is 11.0. The highest BCUT2D eigenvalue weighted by Gasteiger charge is 2.25. The molecule has 1 unspecified atom stereocenters. The Bertz CT molecular complexity index is 306. The number of thiocarbonyl (C=S) groups is 1. The SMILES string of the molecule is COC(=O)C(C)CSC(=S)N1CCCC1=O. The van der Waals surface area contributed by atoms with Gasteiger partial charge in [-0.2, -0.15) is 0 Å². The zero-order chi connectivity index (χ0) is 12.1. The van der Waals surface area contributed by atoms with Crippen molar-refractivity contribution in [2.45, 2.75) is 19.8 Å². The first-order valence-corrected chi connectivity index (χ1v) is 6.50. The molecule has 1 aliphatic heterocycles. The normalized spacial score (nSPS) is 17.4. The summed E-state index contributed by atoms with van der Waals surface area (Å²) in [6.45, 7) is 2.49. The van der Waals surface area contributed by atoms with Crippen LogP contribution in [0.4, 0.5) is 0 Å². The van der Waals surface area contributed by atoms with Crippen LogP contribution in [0.1, 0.15) is 19.8 Å². The van der Waals surface area contributed by atoms with E-state index in [9.17, 15) is 9.59 Å². The summed E-state index contributed by atoms with van der Waals surface area (Å²) >= 11 is 6.51. The predicted octanol–water partition coefficient (Wildman–Crippen LogP) is 1.44. The highest BCUT2D eigenvalue weighted by Crippen LogP contribution is 2.19. The van der Waals surface area contributed by atoms with Crippen LogP contribution in [0.25, 0.3) is 0 Å². The minimum absolute atomic E-state index is 0.0863. The van der Waals surface area contributed by atoms with Crippen molar-refractivity contribution in [3.05, 3.63) is 0 Å². The molecule has 1 atom stereocenters. The number of rotatable bonds is 3. The molecule has 0 radical (unpaired) electrons. The van der Waals surface area contributed by atoms with Crippen molar-refractivity contribution >= 4 is 40.2 Å². The van der Waals surface area contributed by atoms with Crippen LogP contribution in [0, 0.1) is 5.92 Å². The van der Waals surface area contributed by atoms with E-state index in [1.807, 2.05) is 0 Å². The number of amides is 1. The lowest BCUT2D eigenvalue weighted by Gasteiger charge is -2.16. The Labute approximate surface area is 105 Å². The standard InChI is InChI=1S/C10H15NO3S2/c1-7(9(13)14-2)6-16-10(15)11-5-3-4-8(11)12/h7H,3-6H2,1-2H3. The molecule has 0 spiro atoms. The second-order valence-corrected chi connectivity index (χ2v) is 5.30. The first-order valence-electron chi connectivity index (χ1n) is 5.11. The molecule has 0 bridgehead atoms. The number of hydrogen-bond donors (Lipinski definition) is 0. The Hall–Kier alpha value is -0.620. The topological polar surface area (TPSA) is 46.6 Å². The van der Waals surface area contributed by atoms with Crippen LogP contribution >= 0.6 is 24.0 Å². The molecule has 0 saturated carbocycles. The number of thioether (sulfide) groups is 1. The minimum Gasteiger partial charge on any atom is -0.469 e. The molecule has 0 aromatic carbocycles. The number of esters is 1. The van der Waals surface area contributed by atoms with Crippen molar-refractivity contribution in [3.8, 4) is 0 Å². The number of likely N-dealkylation sites (tertiary alicyclic amines) is 1. The molecular weight excluding hydrogens is 246 g/mol. The summed E-state index contributed by atoms with van der Waals surface area (Å²) in [5.41, 5.74) is 0. The summed E-state index contributed by atoms with van der Waals surface area (Å²) in [4.78, 5) is 24.1. The highest BCUT2D eigenvalue weighted by molar-refractivity contribution is 8.23. The maximum Gasteiger partial charge on any atom is 0.309 e. The van der Waals surface area contributed by atoms with E-state index in [0.717, 1.165) is 6.42 Å². The third kappa shape index (κ3) is 3.45. The number of methoxy groups -OCH3 is 1. The largest absolute Gasteiger partial charge is 0.469 e. The molecule has 0 aliphatic carbocycles. The summed E-state index contributed by atoms with van der Waals surface area (Å²) < 4.78 is 5.18. The smallest absolute Gasteiger partial charge is 0.309 e. The Balaban J connectivity index is 2.35. The molecule has 1 fully saturated rings. The van der Waals surface area contributed by atoms with E-state index in [1.165, 1.54) is 18.9 Å². The second kappa shape index (κ2) is 6.20. The van der Waals surface area contributed by atoms with Crippen LogP contribution in [0.15, 0.2) is 0 Å². The number of ether oxygens (including phenoxy) is 1. The molecule has 16 heavy (non-hydrogen) atoms. The Morgan fingerprint density at radius 2 is 2.38 bits per heavy atom. The summed E-state index contributed by atoms with van der Waals surface area (Å²) in [6, 6.07) is 0. The van der Waals surface area contributed by atoms with Crippen molar-refractivity contribution in [2.24, 2.45) is 5.92 Å². The molecule has 1 amide bonds. The Kier molecular flexibility index (Phi) is 5.21. The molecule has 90 valence electrons. The molecule has 0 aromatic rings. The van der Waals surface area contributed by atoms with Gasteiger partial charge in [0.1, 0.15) is 4.32 Å². The van der Waals surface area contributed by atoms with Gasteiger partial charge in [-0.3, -0.25) is 14.5 Å². The van der Waals surface area contributed by atoms with Gasteiger partial charge in [-0.1, -0.05) is 30.9 Å². The van der Waals surface area contributed by atoms with Crippen LogP contribution in [0.5, 0.6) is 0 Å². The quantitative estimate of drug-likeness (QED) is 0.568. The lowest BCUT2D eigenvalue weighted by Crippen LogP contribution is -2.29. The van der Waals surface area contributed by atoms with Gasteiger partial charge in [0.25, 0.3) is 0 Å². The Morgan fingerprint density at radius 3 is 2.88 bits per heavy atom. The van der Waals surface area contributed by atoms with Crippen molar-refractivity contribution in [2.75, 3.05) is 19.4 Å². The molecule has 1 heterocycles. The summed E-state index contributed by atoms with van der Waals surface area (Å²) in [5, 5.41) is 0. The van der Waals surface area contributed by atoms with E-state index in [1.54, 1.807) is 11.8 Å². The lowest BCUT2D eigenvalue weighted by molar-refractivity contribution is -0.144. The molecule has 1 saturated heterocycles. The van der Waals surface area contributed by atoms with Crippen molar-refractivity contribution < 1.29 is 14.3 Å². The molecular formula is C10H15NO3S2. The third-order valence-electron chi connectivity index (χ3n) is 2.35. The monoisotopic (exact) mass is 261 g/mol. The minimum atomic E-state index is -0.247. The maximum absolute atomic E-state index is 11.4. The maximum atomic E-state index is 11.4. The van der Waals surface area contributed by atoms with Crippen LogP contribution < -0.4 is 0 Å². The highest BCUT2D eigenvalue weighted by atomic mass is 32.2. The number of carbonyl (C=O) groups excluding carboxylic acids is 2. The van der Waals surface area contributed by atoms with E-state index in [-0.39, 0.29) is 17.8 Å². The molecule has 4 nitrogen and oxygen atoms in total. The molecule has 1 aliphatic rings. The fraction of sp³-hybridized carbons (Fsp3) is 0.700. The average molecular weight is 261 g/mol. The van der Waals surface area contributed by atoms with E-state index < -0.39 is 0 Å². The molecule has 1 rings (SSSR count). The fourth-order valence-corrected chi connectivity index (χ4v) is 2.66. The summed E-state index contributed by atoms with van der Waals surface area (Å²) in [7, 11) is 1.37. The van der Waals surface area contributed by atoms with Gasteiger partial charge in [0.2, 0.25) is 5.91 Å². The summed E-state index contributed by atoms with van der Waals surface area (Å²) in [6.07, 6.45) is 1.44. The van der Waals surface area contributed by atoms with Gasteiger partial charge in [0.05, 0.1) is 13.0 Å². The van der Waals surface area contributed by atoms with E-state index in [2.05, 4.69) is 4.74 Å². The first-order chi connectivity index (χ1) is 7.56. The van der Waals surface area contributed by atoms with Gasteiger partial charge >= 0.3 is 5.97 Å². The van der Waals surface area contributed by atoms with E-state index >= 15 is 0 Å². The second-order valence-electron chi connectivity index (χ2n) is 3.65. The van der Waals surface area contributed by atoms with E-state index in [0.29, 0.717) is 23.0 Å². The first kappa shape index (κ1) is 13.4. The fourth-order valence-electron chi connectivity index (χ4n) is 1.38. The third-order valence-corrected chi connectivity index (χ3v) is 4.06. The van der Waals surface area contributed by atoms with E-state index in [4.69, 9.17) is 12.2 Å². The van der Waals surface area contributed by atoms with Gasteiger partial charge in [0.15, 0.2) is 0 Å². The average Bonchev–Trinajstić information content (AvgIpc) is 2.70. The van der Waals surface area contributed by atoms with Crippen molar-refractivity contribution in [1.29, 1.82) is 0 Å². The van der Waals surface area contributed by atoms with Crippen LogP contribution in [-0.2, 0) is 14.3 Å². The van der Waals surface area contributed by atoms with Crippen LogP contribution in [0.3, 0.4) is 0 Å². The van der Waals surface area contributed by atoms with Gasteiger partial charge in [-0.05, 0) is 6.42 Å². The number of nitrogens with zero attached hydrogens (tertiary/aromatic N) is 1. The lowest BCUT2D eigenvalue weighted by atomic mass is 10.2. The molecule has 0 N–H and O–H groups in total. The van der Waals surface area contributed by atoms with Crippen LogP contribution in [-0.4, -0.2) is 40.5 Å². The number of carbonyl (C=O) groups is 2. The van der Waals surface area contributed by atoms with Gasteiger partial charge < -0.3 is 4.74 Å². The van der Waals surface area contributed by atoms with Crippen LogP contribution in [0.2, 0.25) is 0 Å². The molecule has 6 heteroatoms. The van der Waals surface area contributed by atoms with Crippen molar-refractivity contribution in [3.63, 3.8) is 0 Å². The Morgan fingerprint density at radius 1 is 1.69 bits per heavy atom. The van der Waals surface area contributed by atoms with Gasteiger partial charge in [-0.25, -0.2) is 0 Å². The van der Waals surface area contributed by atoms with Gasteiger partial charge in [0, 0.05) is 18.7 Å². The van der Waals surface area contributed by atoms with Gasteiger partial charge in [-0.15, -0.1) is 0 Å². The predicted molar refractivity (Wildman–Crippen MR) is 67.2 cm³/mol. The summed E-state index contributed by atoms with van der Waals surface area (Å²) in [5.74, 6) is 0.187. The molecule has 0 aromatic heterocycles. The number of hydrogen-bond acceptors (Lipinski definition) is 5.